The number of amides is 1. The molecule has 1 aliphatic heterocycles. The molecule has 0 saturated heterocycles. The predicted octanol–water partition coefficient (Wildman–Crippen LogP) is 0.562. The van der Waals surface area contributed by atoms with Gasteiger partial charge in [0, 0.05) is 7.05 Å². The van der Waals surface area contributed by atoms with E-state index in [9.17, 15) is 4.79 Å². The summed E-state index contributed by atoms with van der Waals surface area (Å²) in [5, 5.41) is 3.04. The number of carbonyl (C=O) groups is 1. The van der Waals surface area contributed by atoms with Gasteiger partial charge in [-0.15, -0.1) is 0 Å². The van der Waals surface area contributed by atoms with E-state index in [1.54, 1.807) is 18.1 Å². The molecule has 2 heterocycles. The summed E-state index contributed by atoms with van der Waals surface area (Å²) in [6.45, 7) is 3.64. The van der Waals surface area contributed by atoms with Crippen LogP contribution in [0.3, 0.4) is 0 Å². The quantitative estimate of drug-likeness (QED) is 0.652. The number of rotatable bonds is 0. The van der Waals surface area contributed by atoms with Crippen molar-refractivity contribution in [3.63, 3.8) is 0 Å². The highest BCUT2D eigenvalue weighted by Crippen LogP contribution is 2.27. The van der Waals surface area contributed by atoms with Crippen molar-refractivity contribution in [2.75, 3.05) is 17.3 Å². The fraction of sp³-hybridized carbons (Fsp3) is 0.444. The Bertz CT molecular complexity index is 390. The van der Waals surface area contributed by atoms with Crippen LogP contribution in [-0.4, -0.2) is 29.0 Å². The number of likely N-dealkylation sites (N-methyl/N-ethyl adjacent to an activating group) is 1. The molecule has 5 heteroatoms. The van der Waals surface area contributed by atoms with Gasteiger partial charge >= 0.3 is 0 Å². The van der Waals surface area contributed by atoms with Crippen LogP contribution in [0.2, 0.25) is 0 Å². The lowest BCUT2D eigenvalue weighted by atomic mass is 10.2. The monoisotopic (exact) mass is 192 g/mol. The molecule has 1 atom stereocenters. The van der Waals surface area contributed by atoms with Crippen LogP contribution in [0.15, 0.2) is 6.20 Å². The molecular formula is C9H12N4O. The van der Waals surface area contributed by atoms with E-state index >= 15 is 0 Å². The second-order valence-electron chi connectivity index (χ2n) is 3.41. The van der Waals surface area contributed by atoms with E-state index in [2.05, 4.69) is 15.3 Å². The minimum atomic E-state index is -0.221. The van der Waals surface area contributed by atoms with Gasteiger partial charge in [-0.1, -0.05) is 0 Å². The van der Waals surface area contributed by atoms with Gasteiger partial charge < -0.3 is 10.2 Å². The van der Waals surface area contributed by atoms with Crippen molar-refractivity contribution in [3.05, 3.63) is 12.0 Å². The lowest BCUT2D eigenvalue weighted by Gasteiger charge is -2.29. The molecule has 1 amide bonds. The third kappa shape index (κ3) is 1.21. The Morgan fingerprint density at radius 1 is 1.57 bits per heavy atom. The van der Waals surface area contributed by atoms with Crippen LogP contribution in [-0.2, 0) is 4.79 Å². The van der Waals surface area contributed by atoms with Crippen molar-refractivity contribution in [3.8, 4) is 0 Å². The van der Waals surface area contributed by atoms with Crippen molar-refractivity contribution < 1.29 is 4.79 Å². The van der Waals surface area contributed by atoms with Gasteiger partial charge in [-0.3, -0.25) is 4.79 Å². The number of nitrogens with one attached hydrogen (secondary N) is 1. The molecule has 0 radical (unpaired) electrons. The molecule has 14 heavy (non-hydrogen) atoms. The molecule has 1 aromatic rings. The Morgan fingerprint density at radius 3 is 3.00 bits per heavy atom. The van der Waals surface area contributed by atoms with Crippen LogP contribution < -0.4 is 10.2 Å². The molecule has 0 fully saturated rings. The number of fused-ring (bicyclic) bond motifs is 1. The van der Waals surface area contributed by atoms with Gasteiger partial charge in [0.25, 0.3) is 0 Å². The Labute approximate surface area is 82.2 Å². The highest BCUT2D eigenvalue weighted by Gasteiger charge is 2.27. The summed E-state index contributed by atoms with van der Waals surface area (Å²) >= 11 is 0. The van der Waals surface area contributed by atoms with Crippen molar-refractivity contribution >= 4 is 17.4 Å². The van der Waals surface area contributed by atoms with Crippen LogP contribution >= 0.6 is 0 Å². The summed E-state index contributed by atoms with van der Waals surface area (Å²) in [4.78, 5) is 21.5. The molecule has 0 aromatic carbocycles. The molecule has 5 nitrogen and oxygen atoms in total. The zero-order valence-corrected chi connectivity index (χ0v) is 8.40. The molecule has 0 saturated carbocycles. The normalized spacial score (nSPS) is 20.4. The summed E-state index contributed by atoms with van der Waals surface area (Å²) in [7, 11) is 1.73. The lowest BCUT2D eigenvalue weighted by Crippen LogP contribution is -2.43. The zero-order valence-electron chi connectivity index (χ0n) is 8.40. The van der Waals surface area contributed by atoms with E-state index in [4.69, 9.17) is 0 Å². The second-order valence-corrected chi connectivity index (χ2v) is 3.41. The molecule has 0 bridgehead atoms. The van der Waals surface area contributed by atoms with E-state index in [0.717, 1.165) is 11.5 Å². The number of hydrogen-bond donors (Lipinski definition) is 1. The largest absolute Gasteiger partial charge is 0.357 e. The number of anilines is 2. The van der Waals surface area contributed by atoms with Crippen LogP contribution in [0, 0.1) is 6.92 Å². The summed E-state index contributed by atoms with van der Waals surface area (Å²) in [5.41, 5.74) is 0.735. The first kappa shape index (κ1) is 8.93. The first-order chi connectivity index (χ1) is 6.59. The lowest BCUT2D eigenvalue weighted by molar-refractivity contribution is -0.118. The van der Waals surface area contributed by atoms with Gasteiger partial charge in [-0.05, 0) is 13.8 Å². The predicted molar refractivity (Wildman–Crippen MR) is 53.3 cm³/mol. The Balaban J connectivity index is 2.50. The van der Waals surface area contributed by atoms with E-state index in [-0.39, 0.29) is 11.9 Å². The topological polar surface area (TPSA) is 58.1 Å². The molecule has 1 aliphatic rings. The summed E-state index contributed by atoms with van der Waals surface area (Å²) in [6.07, 6.45) is 1.66. The number of aromatic nitrogens is 2. The van der Waals surface area contributed by atoms with Gasteiger partial charge in [0.1, 0.15) is 17.6 Å². The number of aryl methyl sites for hydroxylation is 1. The Kier molecular flexibility index (Phi) is 1.87. The van der Waals surface area contributed by atoms with Gasteiger partial charge in [0.2, 0.25) is 5.91 Å². The third-order valence-electron chi connectivity index (χ3n) is 2.31. The molecular weight excluding hydrogens is 180 g/mol. The maximum absolute atomic E-state index is 11.6. The van der Waals surface area contributed by atoms with E-state index < -0.39 is 0 Å². The molecule has 1 aromatic heterocycles. The van der Waals surface area contributed by atoms with Gasteiger partial charge in [0.05, 0.1) is 6.20 Å². The van der Waals surface area contributed by atoms with E-state index in [1.165, 1.54) is 0 Å². The second kappa shape index (κ2) is 2.94. The van der Waals surface area contributed by atoms with Gasteiger partial charge in [-0.25, -0.2) is 9.97 Å². The Morgan fingerprint density at radius 2 is 2.29 bits per heavy atom. The molecule has 0 spiro atoms. The molecule has 2 rings (SSSR count). The van der Waals surface area contributed by atoms with Crippen LogP contribution in [0.1, 0.15) is 12.7 Å². The average Bonchev–Trinajstić information content (AvgIpc) is 2.14. The number of nitrogens with zero attached hydrogens (tertiary/aromatic N) is 3. The first-order valence-electron chi connectivity index (χ1n) is 4.47. The van der Waals surface area contributed by atoms with Crippen molar-refractivity contribution in [2.45, 2.75) is 19.9 Å². The summed E-state index contributed by atoms with van der Waals surface area (Å²) in [6, 6.07) is -0.221. The molecule has 0 aliphatic carbocycles. The van der Waals surface area contributed by atoms with Crippen molar-refractivity contribution in [1.82, 2.24) is 9.97 Å². The number of carbonyl (C=O) groups excluding carboxylic acids is 1. The van der Waals surface area contributed by atoms with Crippen LogP contribution in [0.4, 0.5) is 11.5 Å². The van der Waals surface area contributed by atoms with Crippen LogP contribution in [0.5, 0.6) is 0 Å². The highest BCUT2D eigenvalue weighted by atomic mass is 16.2. The molecule has 74 valence electrons. The average molecular weight is 192 g/mol. The smallest absolute Gasteiger partial charge is 0.249 e. The van der Waals surface area contributed by atoms with E-state index in [1.807, 2.05) is 13.8 Å². The maximum Gasteiger partial charge on any atom is 0.249 e. The standard InChI is InChI=1S/C9H12N4O/c1-5-9(14)13(3)7-4-10-6(2)12-8(7)11-5/h4-5H,1-3H3,(H,10,11,12). The molecule has 1 N–H and O–H groups in total. The first-order valence-corrected chi connectivity index (χ1v) is 4.47. The fourth-order valence-electron chi connectivity index (χ4n) is 1.49. The minimum absolute atomic E-state index is 0.0324. The zero-order chi connectivity index (χ0) is 10.3. The van der Waals surface area contributed by atoms with Gasteiger partial charge in [0.15, 0.2) is 5.82 Å². The third-order valence-corrected chi connectivity index (χ3v) is 2.31. The maximum atomic E-state index is 11.6. The van der Waals surface area contributed by atoms with Crippen molar-refractivity contribution in [2.24, 2.45) is 0 Å². The molecule has 1 unspecified atom stereocenters. The number of hydrogen-bond acceptors (Lipinski definition) is 4. The summed E-state index contributed by atoms with van der Waals surface area (Å²) < 4.78 is 0. The fourth-order valence-corrected chi connectivity index (χ4v) is 1.49. The SMILES string of the molecule is Cc1ncc2c(n1)NC(C)C(=O)N2C. The van der Waals surface area contributed by atoms with E-state index in [0.29, 0.717) is 5.82 Å². The van der Waals surface area contributed by atoms with Crippen molar-refractivity contribution in [1.29, 1.82) is 0 Å². The van der Waals surface area contributed by atoms with Crippen LogP contribution in [0.25, 0.3) is 0 Å². The Hall–Kier alpha value is -1.65. The van der Waals surface area contributed by atoms with Gasteiger partial charge in [-0.2, -0.15) is 0 Å². The highest BCUT2D eigenvalue weighted by molar-refractivity contribution is 6.03. The minimum Gasteiger partial charge on any atom is -0.357 e. The summed E-state index contributed by atoms with van der Waals surface area (Å²) in [5.74, 6) is 1.46.